The Morgan fingerprint density at radius 2 is 1.78 bits per heavy atom. The number of carbonyl (C=O) groups is 1. The van der Waals surface area contributed by atoms with E-state index in [2.05, 4.69) is 33.9 Å². The van der Waals surface area contributed by atoms with Crippen LogP contribution in [0.1, 0.15) is 59.3 Å². The summed E-state index contributed by atoms with van der Waals surface area (Å²) in [6, 6.07) is 0. The van der Waals surface area contributed by atoms with Crippen LogP contribution < -0.4 is 0 Å². The molecule has 0 aromatic rings. The van der Waals surface area contributed by atoms with E-state index in [0.717, 1.165) is 25.7 Å². The van der Waals surface area contributed by atoms with Crippen LogP contribution in [0, 0.1) is 5.41 Å². The zero-order chi connectivity index (χ0) is 13.6. The normalized spacial score (nSPS) is 28.3. The van der Waals surface area contributed by atoms with Gasteiger partial charge in [0, 0.05) is 6.42 Å². The van der Waals surface area contributed by atoms with Crippen molar-refractivity contribution in [2.45, 2.75) is 83.5 Å². The van der Waals surface area contributed by atoms with Crippen LogP contribution >= 0.6 is 0 Å². The summed E-state index contributed by atoms with van der Waals surface area (Å²) in [4.78, 5) is 12.3. The van der Waals surface area contributed by atoms with Gasteiger partial charge in [-0.15, -0.1) is 0 Å². The van der Waals surface area contributed by atoms with E-state index in [1.165, 1.54) is 12.8 Å². The lowest BCUT2D eigenvalue weighted by Crippen LogP contribution is -2.48. The maximum absolute atomic E-state index is 12.3. The molecule has 0 bridgehead atoms. The molecule has 2 saturated carbocycles. The van der Waals surface area contributed by atoms with Gasteiger partial charge >= 0.3 is 0 Å². The second-order valence-electron chi connectivity index (χ2n) is 7.69. The number of hydrogen-bond acceptors (Lipinski definition) is 2. The molecule has 2 aliphatic rings. The molecule has 2 aliphatic carbocycles. The second-order valence-corrected chi connectivity index (χ2v) is 12.4. The molecule has 0 amide bonds. The molecule has 0 N–H and O–H groups in total. The summed E-state index contributed by atoms with van der Waals surface area (Å²) in [5, 5.41) is 0.235. The van der Waals surface area contributed by atoms with Crippen LogP contribution in [0.5, 0.6) is 0 Å². The van der Waals surface area contributed by atoms with E-state index in [-0.39, 0.29) is 16.6 Å². The third kappa shape index (κ3) is 2.20. The SMILES string of the molecule is CC(C)(C)[Si](C)(C)OC1CCC(=O)C12CCCC2. The highest BCUT2D eigenvalue weighted by Crippen LogP contribution is 2.51. The summed E-state index contributed by atoms with van der Waals surface area (Å²) in [6.45, 7) is 11.4. The Hall–Kier alpha value is -0.153. The van der Waals surface area contributed by atoms with E-state index >= 15 is 0 Å². The van der Waals surface area contributed by atoms with Crippen molar-refractivity contribution in [2.24, 2.45) is 5.41 Å². The fraction of sp³-hybridized carbons (Fsp3) is 0.933. The molecule has 3 heteroatoms. The lowest BCUT2D eigenvalue weighted by Gasteiger charge is -2.42. The summed E-state index contributed by atoms with van der Waals surface area (Å²) in [7, 11) is -1.75. The van der Waals surface area contributed by atoms with E-state index in [0.29, 0.717) is 5.78 Å². The van der Waals surface area contributed by atoms with Crippen molar-refractivity contribution in [3.05, 3.63) is 0 Å². The molecule has 104 valence electrons. The zero-order valence-corrected chi connectivity index (χ0v) is 13.6. The van der Waals surface area contributed by atoms with Gasteiger partial charge in [0.25, 0.3) is 0 Å². The first kappa shape index (κ1) is 14.3. The van der Waals surface area contributed by atoms with E-state index in [1.54, 1.807) is 0 Å². The van der Waals surface area contributed by atoms with Crippen LogP contribution in [-0.4, -0.2) is 20.2 Å². The van der Waals surface area contributed by atoms with E-state index in [1.807, 2.05) is 0 Å². The van der Waals surface area contributed by atoms with Gasteiger partial charge in [0.15, 0.2) is 8.32 Å². The van der Waals surface area contributed by atoms with E-state index in [9.17, 15) is 4.79 Å². The molecule has 2 rings (SSSR count). The predicted molar refractivity (Wildman–Crippen MR) is 77.2 cm³/mol. The first-order chi connectivity index (χ1) is 8.19. The first-order valence-electron chi connectivity index (χ1n) is 7.40. The number of carbonyl (C=O) groups excluding carboxylic acids is 1. The smallest absolute Gasteiger partial charge is 0.192 e. The predicted octanol–water partition coefficient (Wildman–Crippen LogP) is 4.30. The third-order valence-corrected chi connectivity index (χ3v) is 10.0. The highest BCUT2D eigenvalue weighted by molar-refractivity contribution is 6.74. The van der Waals surface area contributed by atoms with Gasteiger partial charge < -0.3 is 4.43 Å². The van der Waals surface area contributed by atoms with Crippen LogP contribution in [0.15, 0.2) is 0 Å². The Labute approximate surface area is 113 Å². The van der Waals surface area contributed by atoms with Crippen molar-refractivity contribution >= 4 is 14.1 Å². The van der Waals surface area contributed by atoms with Crippen molar-refractivity contribution in [1.29, 1.82) is 0 Å². The molecule has 0 radical (unpaired) electrons. The van der Waals surface area contributed by atoms with Crippen LogP contribution in [0.2, 0.25) is 18.1 Å². The quantitative estimate of drug-likeness (QED) is 0.698. The van der Waals surface area contributed by atoms with Gasteiger partial charge in [0.05, 0.1) is 11.5 Å². The van der Waals surface area contributed by atoms with Crippen molar-refractivity contribution in [1.82, 2.24) is 0 Å². The summed E-state index contributed by atoms with van der Waals surface area (Å²) in [6.07, 6.45) is 6.50. The molecule has 0 aromatic carbocycles. The highest BCUT2D eigenvalue weighted by Gasteiger charge is 2.54. The maximum Gasteiger partial charge on any atom is 0.192 e. The Balaban J connectivity index is 2.17. The zero-order valence-electron chi connectivity index (χ0n) is 12.6. The Morgan fingerprint density at radius 3 is 2.28 bits per heavy atom. The molecule has 0 aliphatic heterocycles. The summed E-state index contributed by atoms with van der Waals surface area (Å²) in [5.74, 6) is 0.490. The molecular formula is C15H28O2Si. The topological polar surface area (TPSA) is 26.3 Å². The second kappa shape index (κ2) is 4.45. The number of ketones is 1. The Morgan fingerprint density at radius 1 is 1.22 bits per heavy atom. The summed E-state index contributed by atoms with van der Waals surface area (Å²) < 4.78 is 6.59. The van der Waals surface area contributed by atoms with Gasteiger partial charge in [-0.25, -0.2) is 0 Å². The van der Waals surface area contributed by atoms with Gasteiger partial charge in [-0.05, 0) is 37.4 Å². The monoisotopic (exact) mass is 268 g/mol. The van der Waals surface area contributed by atoms with Crippen molar-refractivity contribution in [3.63, 3.8) is 0 Å². The lowest BCUT2D eigenvalue weighted by atomic mass is 9.82. The van der Waals surface area contributed by atoms with E-state index < -0.39 is 8.32 Å². The number of Topliss-reactive ketones (excluding diaryl/α,β-unsaturated/α-hetero) is 1. The molecule has 2 nitrogen and oxygen atoms in total. The van der Waals surface area contributed by atoms with Crippen molar-refractivity contribution < 1.29 is 9.22 Å². The molecule has 2 fully saturated rings. The lowest BCUT2D eigenvalue weighted by molar-refractivity contribution is -0.128. The highest BCUT2D eigenvalue weighted by atomic mass is 28.4. The Kier molecular flexibility index (Phi) is 3.52. The maximum atomic E-state index is 12.3. The standard InChI is InChI=1S/C15H28O2Si/c1-14(2,3)18(4,5)17-13-9-8-12(16)15(13)10-6-7-11-15/h13H,6-11H2,1-5H3. The molecule has 0 heterocycles. The third-order valence-electron chi connectivity index (χ3n) is 5.54. The minimum absolute atomic E-state index is 0.0878. The molecular weight excluding hydrogens is 240 g/mol. The first-order valence-corrected chi connectivity index (χ1v) is 10.3. The van der Waals surface area contributed by atoms with Gasteiger partial charge in [-0.1, -0.05) is 33.6 Å². The van der Waals surface area contributed by atoms with Gasteiger partial charge in [-0.2, -0.15) is 0 Å². The average molecular weight is 268 g/mol. The minimum Gasteiger partial charge on any atom is -0.413 e. The largest absolute Gasteiger partial charge is 0.413 e. The van der Waals surface area contributed by atoms with E-state index in [4.69, 9.17) is 4.43 Å². The van der Waals surface area contributed by atoms with Crippen LogP contribution in [0.4, 0.5) is 0 Å². The van der Waals surface area contributed by atoms with Gasteiger partial charge in [0.1, 0.15) is 5.78 Å². The molecule has 1 unspecified atom stereocenters. The fourth-order valence-electron chi connectivity index (χ4n) is 3.28. The summed E-state index contributed by atoms with van der Waals surface area (Å²) in [5.41, 5.74) is -0.0878. The molecule has 0 saturated heterocycles. The molecule has 18 heavy (non-hydrogen) atoms. The molecule has 0 aromatic heterocycles. The van der Waals surface area contributed by atoms with Crippen molar-refractivity contribution in [2.75, 3.05) is 0 Å². The van der Waals surface area contributed by atoms with Gasteiger partial charge in [-0.3, -0.25) is 4.79 Å². The van der Waals surface area contributed by atoms with Crippen LogP contribution in [0.3, 0.4) is 0 Å². The fourth-order valence-corrected chi connectivity index (χ4v) is 4.69. The van der Waals surface area contributed by atoms with Crippen molar-refractivity contribution in [3.8, 4) is 0 Å². The Bertz CT molecular complexity index is 335. The number of rotatable bonds is 2. The van der Waals surface area contributed by atoms with Crippen LogP contribution in [-0.2, 0) is 9.22 Å². The molecule has 1 spiro atoms. The number of hydrogen-bond donors (Lipinski definition) is 0. The minimum atomic E-state index is -1.75. The summed E-state index contributed by atoms with van der Waals surface area (Å²) >= 11 is 0. The van der Waals surface area contributed by atoms with Crippen LogP contribution in [0.25, 0.3) is 0 Å². The van der Waals surface area contributed by atoms with Gasteiger partial charge in [0.2, 0.25) is 0 Å². The average Bonchev–Trinajstić information content (AvgIpc) is 2.81. The molecule has 1 atom stereocenters.